The molecule has 1 heterocycles. The number of halogens is 1. The summed E-state index contributed by atoms with van der Waals surface area (Å²) in [6.45, 7) is 1.66. The largest absolute Gasteiger partial charge is 0.356 e. The lowest BCUT2D eigenvalue weighted by Crippen LogP contribution is -2.48. The first kappa shape index (κ1) is 24.8. The van der Waals surface area contributed by atoms with Crippen LogP contribution in [-0.4, -0.2) is 35.2 Å². The standard InChI is InChI=1S/C25H30N6O.HI/c1-26-24(28-19-25(12-6-13-25)21-9-3-2-4-10-21)27-17-20-8-5-11-22(16-20)30-23(32)18-31-15-7-14-29-31;/h2-5,7-11,14-16H,6,12-13,17-19H2,1H3,(H,30,32)(H2,26,27,28);1H. The highest BCUT2D eigenvalue weighted by Gasteiger charge is 2.38. The fourth-order valence-corrected chi connectivity index (χ4v) is 4.12. The molecule has 0 aliphatic heterocycles. The maximum Gasteiger partial charge on any atom is 0.246 e. The Kier molecular flexibility index (Phi) is 8.87. The molecule has 2 aromatic carbocycles. The van der Waals surface area contributed by atoms with Crippen molar-refractivity contribution in [2.24, 2.45) is 4.99 Å². The zero-order valence-corrected chi connectivity index (χ0v) is 21.2. The normalized spacial score (nSPS) is 14.5. The van der Waals surface area contributed by atoms with Gasteiger partial charge in [-0.05, 0) is 42.2 Å². The average Bonchev–Trinajstić information content (AvgIpc) is 3.29. The molecule has 33 heavy (non-hydrogen) atoms. The van der Waals surface area contributed by atoms with Gasteiger partial charge in [0, 0.05) is 43.6 Å². The number of carbonyl (C=O) groups excluding carboxylic acids is 1. The van der Waals surface area contributed by atoms with Crippen LogP contribution in [0.4, 0.5) is 5.69 Å². The van der Waals surface area contributed by atoms with Crippen molar-refractivity contribution >= 4 is 41.5 Å². The summed E-state index contributed by atoms with van der Waals surface area (Å²) in [6, 6.07) is 20.4. The second kappa shape index (κ2) is 11.8. The van der Waals surface area contributed by atoms with E-state index in [1.54, 1.807) is 30.2 Å². The van der Waals surface area contributed by atoms with Crippen LogP contribution < -0.4 is 16.0 Å². The van der Waals surface area contributed by atoms with Gasteiger partial charge in [-0.25, -0.2) is 0 Å². The molecule has 0 saturated heterocycles. The average molecular weight is 558 g/mol. The van der Waals surface area contributed by atoms with Crippen molar-refractivity contribution in [3.8, 4) is 0 Å². The molecule has 1 aromatic heterocycles. The van der Waals surface area contributed by atoms with Gasteiger partial charge >= 0.3 is 0 Å². The molecule has 3 N–H and O–H groups in total. The molecule has 7 nitrogen and oxygen atoms in total. The molecule has 0 radical (unpaired) electrons. The second-order valence-corrected chi connectivity index (χ2v) is 8.23. The number of benzene rings is 2. The van der Waals surface area contributed by atoms with E-state index in [1.807, 2.05) is 24.3 Å². The Balaban J connectivity index is 0.00000306. The lowest BCUT2D eigenvalue weighted by Gasteiger charge is -2.43. The van der Waals surface area contributed by atoms with Gasteiger partial charge in [-0.15, -0.1) is 24.0 Å². The quantitative estimate of drug-likeness (QED) is 0.222. The number of hydrogen-bond acceptors (Lipinski definition) is 3. The summed E-state index contributed by atoms with van der Waals surface area (Å²) >= 11 is 0. The Labute approximate surface area is 212 Å². The molecule has 0 unspecified atom stereocenters. The fourth-order valence-electron chi connectivity index (χ4n) is 4.12. The minimum absolute atomic E-state index is 0. The Hall–Kier alpha value is -2.88. The van der Waals surface area contributed by atoms with Crippen LogP contribution in [0.2, 0.25) is 0 Å². The number of guanidine groups is 1. The van der Waals surface area contributed by atoms with Gasteiger partial charge in [0.1, 0.15) is 6.54 Å². The summed E-state index contributed by atoms with van der Waals surface area (Å²) in [4.78, 5) is 16.6. The summed E-state index contributed by atoms with van der Waals surface area (Å²) in [5.41, 5.74) is 3.42. The van der Waals surface area contributed by atoms with E-state index >= 15 is 0 Å². The van der Waals surface area contributed by atoms with E-state index in [4.69, 9.17) is 0 Å². The Morgan fingerprint density at radius 3 is 2.58 bits per heavy atom. The van der Waals surface area contributed by atoms with Crippen molar-refractivity contribution < 1.29 is 4.79 Å². The van der Waals surface area contributed by atoms with E-state index in [0.717, 1.165) is 23.8 Å². The van der Waals surface area contributed by atoms with E-state index in [9.17, 15) is 4.79 Å². The number of nitrogens with zero attached hydrogens (tertiary/aromatic N) is 3. The monoisotopic (exact) mass is 558 g/mol. The predicted molar refractivity (Wildman–Crippen MR) is 143 cm³/mol. The Bertz CT molecular complexity index is 1050. The molecule has 0 atom stereocenters. The third kappa shape index (κ3) is 6.56. The highest BCUT2D eigenvalue weighted by molar-refractivity contribution is 14.0. The number of anilines is 1. The van der Waals surface area contributed by atoms with E-state index in [2.05, 4.69) is 56.4 Å². The molecule has 4 rings (SSSR count). The maximum atomic E-state index is 12.2. The molecular weight excluding hydrogens is 527 g/mol. The highest BCUT2D eigenvalue weighted by Crippen LogP contribution is 2.43. The molecule has 174 valence electrons. The third-order valence-electron chi connectivity index (χ3n) is 6.05. The molecule has 1 aliphatic rings. The highest BCUT2D eigenvalue weighted by atomic mass is 127. The first-order valence-electron chi connectivity index (χ1n) is 11.0. The van der Waals surface area contributed by atoms with Crippen LogP contribution in [0.25, 0.3) is 0 Å². The van der Waals surface area contributed by atoms with Gasteiger partial charge in [-0.1, -0.05) is 48.9 Å². The number of carbonyl (C=O) groups is 1. The molecule has 1 aliphatic carbocycles. The van der Waals surface area contributed by atoms with Crippen molar-refractivity contribution in [3.05, 3.63) is 84.2 Å². The maximum absolute atomic E-state index is 12.2. The van der Waals surface area contributed by atoms with E-state index in [-0.39, 0.29) is 41.8 Å². The minimum Gasteiger partial charge on any atom is -0.356 e. The van der Waals surface area contributed by atoms with Gasteiger partial charge in [-0.3, -0.25) is 14.5 Å². The van der Waals surface area contributed by atoms with Gasteiger partial charge < -0.3 is 16.0 Å². The molecule has 1 amide bonds. The molecule has 0 spiro atoms. The summed E-state index contributed by atoms with van der Waals surface area (Å²) in [6.07, 6.45) is 7.08. The van der Waals surface area contributed by atoms with Crippen LogP contribution in [0.1, 0.15) is 30.4 Å². The summed E-state index contributed by atoms with van der Waals surface area (Å²) in [7, 11) is 1.79. The van der Waals surface area contributed by atoms with E-state index in [0.29, 0.717) is 6.54 Å². The minimum atomic E-state index is -0.108. The van der Waals surface area contributed by atoms with Gasteiger partial charge in [0.2, 0.25) is 5.91 Å². The van der Waals surface area contributed by atoms with Crippen molar-refractivity contribution in [1.82, 2.24) is 20.4 Å². The van der Waals surface area contributed by atoms with Crippen molar-refractivity contribution in [1.29, 1.82) is 0 Å². The van der Waals surface area contributed by atoms with E-state index < -0.39 is 0 Å². The third-order valence-corrected chi connectivity index (χ3v) is 6.05. The number of nitrogens with one attached hydrogen (secondary N) is 3. The lowest BCUT2D eigenvalue weighted by molar-refractivity contribution is -0.116. The summed E-state index contributed by atoms with van der Waals surface area (Å²) < 4.78 is 1.60. The van der Waals surface area contributed by atoms with E-state index in [1.165, 1.54) is 24.8 Å². The molecule has 8 heteroatoms. The molecular formula is C25H31IN6O. The first-order valence-corrected chi connectivity index (χ1v) is 11.0. The predicted octanol–water partition coefficient (Wildman–Crippen LogP) is 3.93. The molecule has 0 bridgehead atoms. The van der Waals surface area contributed by atoms with Crippen LogP contribution in [0, 0.1) is 0 Å². The fraction of sp³-hybridized carbons (Fsp3) is 0.320. The smallest absolute Gasteiger partial charge is 0.246 e. The zero-order chi connectivity index (χ0) is 22.2. The number of hydrogen-bond donors (Lipinski definition) is 3. The van der Waals surface area contributed by atoms with Crippen molar-refractivity contribution in [2.75, 3.05) is 18.9 Å². The topological polar surface area (TPSA) is 83.3 Å². The lowest BCUT2D eigenvalue weighted by atomic mass is 9.64. The zero-order valence-electron chi connectivity index (χ0n) is 18.8. The molecule has 1 saturated carbocycles. The number of amides is 1. The van der Waals surface area contributed by atoms with Crippen LogP contribution in [0.5, 0.6) is 0 Å². The van der Waals surface area contributed by atoms with Gasteiger partial charge in [0.25, 0.3) is 0 Å². The molecule has 1 fully saturated rings. The van der Waals surface area contributed by atoms with Crippen LogP contribution in [0.15, 0.2) is 78.0 Å². The van der Waals surface area contributed by atoms with Gasteiger partial charge in [0.15, 0.2) is 5.96 Å². The second-order valence-electron chi connectivity index (χ2n) is 8.23. The van der Waals surface area contributed by atoms with Crippen LogP contribution in [0.3, 0.4) is 0 Å². The van der Waals surface area contributed by atoms with Crippen molar-refractivity contribution in [2.45, 2.75) is 37.8 Å². The number of aliphatic imine (C=N–C) groups is 1. The van der Waals surface area contributed by atoms with Gasteiger partial charge in [-0.2, -0.15) is 5.10 Å². The Morgan fingerprint density at radius 2 is 1.91 bits per heavy atom. The molecule has 3 aromatic rings. The number of rotatable bonds is 8. The SMILES string of the molecule is CN=C(NCc1cccc(NC(=O)Cn2cccn2)c1)NCC1(c2ccccc2)CCC1.I. The number of aromatic nitrogens is 2. The Morgan fingerprint density at radius 1 is 1.09 bits per heavy atom. The first-order chi connectivity index (χ1) is 15.7. The summed E-state index contributed by atoms with van der Waals surface area (Å²) in [5.74, 6) is 0.670. The van der Waals surface area contributed by atoms with Crippen LogP contribution in [-0.2, 0) is 23.3 Å². The summed E-state index contributed by atoms with van der Waals surface area (Å²) in [5, 5.41) is 13.9. The van der Waals surface area contributed by atoms with Crippen molar-refractivity contribution in [3.63, 3.8) is 0 Å². The van der Waals surface area contributed by atoms with Gasteiger partial charge in [0.05, 0.1) is 0 Å². The van der Waals surface area contributed by atoms with Crippen LogP contribution >= 0.6 is 24.0 Å².